The second-order valence-electron chi connectivity index (χ2n) is 4.68. The van der Waals surface area contributed by atoms with E-state index in [1.54, 1.807) is 18.8 Å². The molecule has 0 aliphatic heterocycles. The summed E-state index contributed by atoms with van der Waals surface area (Å²) in [5.41, 5.74) is 2.80. The lowest BCUT2D eigenvalue weighted by Crippen LogP contribution is -1.99. The number of hydrogen-bond donors (Lipinski definition) is 1. The van der Waals surface area contributed by atoms with Gasteiger partial charge < -0.3 is 9.73 Å². The third kappa shape index (κ3) is 4.13. The van der Waals surface area contributed by atoms with E-state index < -0.39 is 9.73 Å². The zero-order chi connectivity index (χ0) is 13.9. The Balaban J connectivity index is 2.12. The number of hydrogen-bond acceptors (Lipinski definition) is 4. The van der Waals surface area contributed by atoms with Crippen LogP contribution in [0.3, 0.4) is 0 Å². The largest absolute Gasteiger partial charge is 0.469 e. The van der Waals surface area contributed by atoms with Gasteiger partial charge in [0, 0.05) is 40.0 Å². The van der Waals surface area contributed by atoms with E-state index in [0.717, 1.165) is 22.7 Å². The normalized spacial score (nSPS) is 11.3. The zero-order valence-corrected chi connectivity index (χ0v) is 12.2. The molecule has 1 heterocycles. The number of benzene rings is 1. The average Bonchev–Trinajstić information content (AvgIpc) is 2.70. The van der Waals surface area contributed by atoms with E-state index in [-0.39, 0.29) is 0 Å². The van der Waals surface area contributed by atoms with Crippen molar-refractivity contribution >= 4 is 21.1 Å². The van der Waals surface area contributed by atoms with Crippen molar-refractivity contribution < 1.29 is 8.63 Å². The molecule has 0 amide bonds. The summed E-state index contributed by atoms with van der Waals surface area (Å²) in [4.78, 5) is 0. The van der Waals surface area contributed by atoms with Gasteiger partial charge in [0.05, 0.1) is 12.0 Å². The predicted octanol–water partition coefficient (Wildman–Crippen LogP) is 3.56. The van der Waals surface area contributed by atoms with Gasteiger partial charge in [-0.3, -0.25) is 0 Å². The second-order valence-corrected chi connectivity index (χ2v) is 7.22. The summed E-state index contributed by atoms with van der Waals surface area (Å²) < 4.78 is 21.1. The van der Waals surface area contributed by atoms with Gasteiger partial charge in [0.15, 0.2) is 0 Å². The molecule has 4 nitrogen and oxygen atoms in total. The first kappa shape index (κ1) is 13.7. The molecule has 0 unspecified atom stereocenters. The van der Waals surface area contributed by atoms with Gasteiger partial charge in [-0.25, -0.2) is 4.21 Å². The van der Waals surface area contributed by atoms with E-state index in [0.29, 0.717) is 6.54 Å². The molecule has 5 heteroatoms. The number of anilines is 1. The molecular weight excluding hydrogens is 260 g/mol. The molecule has 2 aromatic rings. The first-order valence-corrected chi connectivity index (χ1v) is 8.31. The maximum absolute atomic E-state index is 11.7. The van der Waals surface area contributed by atoms with Crippen LogP contribution in [0.4, 0.5) is 11.4 Å². The number of aryl methyl sites for hydroxylation is 1. The number of furan rings is 1. The minimum absolute atomic E-state index is 0.694. The highest BCUT2D eigenvalue weighted by Crippen LogP contribution is 2.20. The van der Waals surface area contributed by atoms with E-state index in [4.69, 9.17) is 4.42 Å². The summed E-state index contributed by atoms with van der Waals surface area (Å²) in [5, 5.41) is 3.30. The Morgan fingerprint density at radius 3 is 2.74 bits per heavy atom. The Hall–Kier alpha value is -1.75. The minimum atomic E-state index is -2.13. The van der Waals surface area contributed by atoms with E-state index in [1.807, 2.05) is 37.3 Å². The average molecular weight is 278 g/mol. The molecule has 2 rings (SSSR count). The maximum Gasteiger partial charge on any atom is 0.105 e. The van der Waals surface area contributed by atoms with Crippen LogP contribution in [0.25, 0.3) is 0 Å². The summed E-state index contributed by atoms with van der Waals surface area (Å²) in [6.45, 7) is 2.63. The first-order valence-electron chi connectivity index (χ1n) is 5.98. The van der Waals surface area contributed by atoms with Crippen molar-refractivity contribution in [2.75, 3.05) is 17.8 Å². The van der Waals surface area contributed by atoms with E-state index in [1.165, 1.54) is 0 Å². The molecule has 0 bridgehead atoms. The first-order chi connectivity index (χ1) is 8.94. The fraction of sp³-hybridized carbons (Fsp3) is 0.286. The summed E-state index contributed by atoms with van der Waals surface area (Å²) in [6, 6.07) is 9.54. The minimum Gasteiger partial charge on any atom is -0.469 e. The van der Waals surface area contributed by atoms with Crippen molar-refractivity contribution in [2.45, 2.75) is 13.5 Å². The molecule has 1 aromatic carbocycles. The van der Waals surface area contributed by atoms with Crippen LogP contribution in [-0.4, -0.2) is 16.7 Å². The van der Waals surface area contributed by atoms with Gasteiger partial charge in [-0.15, -0.1) is 0 Å². The Morgan fingerprint density at radius 1 is 1.32 bits per heavy atom. The van der Waals surface area contributed by atoms with E-state index in [9.17, 15) is 4.21 Å². The Kier molecular flexibility index (Phi) is 3.95. The van der Waals surface area contributed by atoms with Crippen LogP contribution in [0.2, 0.25) is 0 Å². The molecule has 0 aliphatic rings. The summed E-state index contributed by atoms with van der Waals surface area (Å²) >= 11 is 0. The van der Waals surface area contributed by atoms with Crippen molar-refractivity contribution in [1.82, 2.24) is 0 Å². The topological polar surface area (TPSA) is 54.6 Å². The summed E-state index contributed by atoms with van der Waals surface area (Å²) in [6.07, 6.45) is 4.94. The number of nitrogens with zero attached hydrogens (tertiary/aromatic N) is 1. The highest BCUT2D eigenvalue weighted by atomic mass is 32.2. The van der Waals surface area contributed by atoms with Crippen molar-refractivity contribution in [3.05, 3.63) is 47.9 Å². The molecule has 0 fully saturated rings. The fourth-order valence-electron chi connectivity index (χ4n) is 1.72. The van der Waals surface area contributed by atoms with Gasteiger partial charge in [-0.1, -0.05) is 6.07 Å². The lowest BCUT2D eigenvalue weighted by molar-refractivity contribution is 0.530. The Labute approximate surface area is 114 Å². The number of nitrogens with one attached hydrogen (secondary N) is 1. The molecule has 19 heavy (non-hydrogen) atoms. The van der Waals surface area contributed by atoms with E-state index >= 15 is 0 Å². The van der Waals surface area contributed by atoms with Gasteiger partial charge in [0.1, 0.15) is 5.76 Å². The van der Waals surface area contributed by atoms with Crippen LogP contribution in [0.1, 0.15) is 11.3 Å². The molecule has 0 saturated carbocycles. The fourth-order valence-corrected chi connectivity index (χ4v) is 2.34. The maximum atomic E-state index is 11.7. The van der Waals surface area contributed by atoms with Gasteiger partial charge in [0.25, 0.3) is 0 Å². The molecule has 0 aliphatic carbocycles. The van der Waals surface area contributed by atoms with Crippen molar-refractivity contribution in [1.29, 1.82) is 0 Å². The van der Waals surface area contributed by atoms with E-state index in [2.05, 4.69) is 9.68 Å². The molecule has 1 aromatic heterocycles. The predicted molar refractivity (Wildman–Crippen MR) is 79.3 cm³/mol. The lowest BCUT2D eigenvalue weighted by Gasteiger charge is -2.06. The molecular formula is C14H18N2O2S. The van der Waals surface area contributed by atoms with Crippen molar-refractivity contribution in [2.24, 2.45) is 4.36 Å². The third-order valence-corrected chi connectivity index (χ3v) is 3.27. The van der Waals surface area contributed by atoms with Crippen LogP contribution >= 0.6 is 0 Å². The molecule has 0 radical (unpaired) electrons. The van der Waals surface area contributed by atoms with Gasteiger partial charge >= 0.3 is 0 Å². The van der Waals surface area contributed by atoms with Crippen LogP contribution in [0.5, 0.6) is 0 Å². The van der Waals surface area contributed by atoms with Crippen LogP contribution < -0.4 is 5.32 Å². The zero-order valence-electron chi connectivity index (χ0n) is 11.3. The summed E-state index contributed by atoms with van der Waals surface area (Å²) in [7, 11) is -2.13. The highest BCUT2D eigenvalue weighted by molar-refractivity contribution is 7.92. The number of rotatable bonds is 4. The van der Waals surface area contributed by atoms with Gasteiger partial charge in [-0.05, 0) is 31.2 Å². The second kappa shape index (κ2) is 5.48. The van der Waals surface area contributed by atoms with Crippen LogP contribution in [0.15, 0.2) is 45.4 Å². The van der Waals surface area contributed by atoms with Crippen molar-refractivity contribution in [3.8, 4) is 0 Å². The molecule has 0 atom stereocenters. The van der Waals surface area contributed by atoms with Crippen molar-refractivity contribution in [3.63, 3.8) is 0 Å². The highest BCUT2D eigenvalue weighted by Gasteiger charge is 2.01. The molecule has 0 saturated heterocycles. The monoisotopic (exact) mass is 278 g/mol. The molecule has 0 spiro atoms. The molecule has 1 N–H and O–H groups in total. The molecule has 102 valence electrons. The van der Waals surface area contributed by atoms with Gasteiger partial charge in [-0.2, -0.15) is 4.36 Å². The summed E-state index contributed by atoms with van der Waals surface area (Å²) in [5.74, 6) is 0.915. The Morgan fingerprint density at radius 2 is 2.11 bits per heavy atom. The smallest absolute Gasteiger partial charge is 0.105 e. The Bertz CT molecular complexity index is 674. The quantitative estimate of drug-likeness (QED) is 0.930. The lowest BCUT2D eigenvalue weighted by atomic mass is 10.2. The van der Waals surface area contributed by atoms with Gasteiger partial charge in [0.2, 0.25) is 0 Å². The van der Waals surface area contributed by atoms with Crippen LogP contribution in [0, 0.1) is 6.92 Å². The SMILES string of the molecule is Cc1occc1CNc1cccc(N=S(C)(C)=O)c1. The van der Waals surface area contributed by atoms with Crippen LogP contribution in [-0.2, 0) is 16.3 Å². The third-order valence-electron chi connectivity index (χ3n) is 2.62. The standard InChI is InChI=1S/C14H18N2O2S/c1-11-12(7-8-18-11)10-15-13-5-4-6-14(9-13)16-19(2,3)17/h4-9,15H,10H2,1-3H3.